The summed E-state index contributed by atoms with van der Waals surface area (Å²) in [6, 6.07) is 11.1. The molecule has 0 aliphatic carbocycles. The highest BCUT2D eigenvalue weighted by Crippen LogP contribution is 2.27. The quantitative estimate of drug-likeness (QED) is 0.746. The SMILES string of the molecule is COc1ccc(F)cc1S(=O)(=O)N(C)Cc1ccc(SC)cc1. The molecule has 4 nitrogen and oxygen atoms in total. The molecule has 0 saturated carbocycles. The molecule has 0 fully saturated rings. The fourth-order valence-corrected chi connectivity index (χ4v) is 3.82. The maximum Gasteiger partial charge on any atom is 0.246 e. The van der Waals surface area contributed by atoms with E-state index in [1.807, 2.05) is 30.5 Å². The fraction of sp³-hybridized carbons (Fsp3) is 0.250. The number of sulfonamides is 1. The van der Waals surface area contributed by atoms with Crippen LogP contribution in [0.2, 0.25) is 0 Å². The molecule has 2 rings (SSSR count). The number of benzene rings is 2. The molecule has 0 heterocycles. The summed E-state index contributed by atoms with van der Waals surface area (Å²) < 4.78 is 45.0. The minimum Gasteiger partial charge on any atom is -0.495 e. The van der Waals surface area contributed by atoms with Crippen LogP contribution in [0.4, 0.5) is 4.39 Å². The topological polar surface area (TPSA) is 46.6 Å². The van der Waals surface area contributed by atoms with E-state index in [2.05, 4.69) is 0 Å². The summed E-state index contributed by atoms with van der Waals surface area (Å²) in [5.41, 5.74) is 0.851. The molecular formula is C16H18FNO3S2. The van der Waals surface area contributed by atoms with E-state index in [1.165, 1.54) is 30.6 Å². The van der Waals surface area contributed by atoms with Gasteiger partial charge in [-0.05, 0) is 42.2 Å². The zero-order valence-electron chi connectivity index (χ0n) is 13.1. The molecule has 0 aliphatic rings. The van der Waals surface area contributed by atoms with Crippen LogP contribution in [0, 0.1) is 5.82 Å². The highest BCUT2D eigenvalue weighted by molar-refractivity contribution is 7.98. The smallest absolute Gasteiger partial charge is 0.246 e. The second-order valence-corrected chi connectivity index (χ2v) is 7.80. The minimum atomic E-state index is -3.85. The zero-order valence-corrected chi connectivity index (χ0v) is 14.7. The highest BCUT2D eigenvalue weighted by Gasteiger charge is 2.25. The molecule has 7 heteroatoms. The van der Waals surface area contributed by atoms with Crippen LogP contribution in [0.5, 0.6) is 5.75 Å². The molecule has 0 bridgehead atoms. The average Bonchev–Trinajstić information content (AvgIpc) is 2.55. The Bertz CT molecular complexity index is 776. The van der Waals surface area contributed by atoms with Gasteiger partial charge in [-0.15, -0.1) is 11.8 Å². The lowest BCUT2D eigenvalue weighted by atomic mass is 10.2. The Morgan fingerprint density at radius 3 is 2.39 bits per heavy atom. The zero-order chi connectivity index (χ0) is 17.0. The molecule has 0 saturated heterocycles. The second kappa shape index (κ2) is 7.33. The fourth-order valence-electron chi connectivity index (χ4n) is 2.09. The Morgan fingerprint density at radius 2 is 1.83 bits per heavy atom. The van der Waals surface area contributed by atoms with Gasteiger partial charge < -0.3 is 4.74 Å². The van der Waals surface area contributed by atoms with Gasteiger partial charge in [0.15, 0.2) is 0 Å². The second-order valence-electron chi connectivity index (χ2n) is 4.90. The van der Waals surface area contributed by atoms with Crippen molar-refractivity contribution in [3.8, 4) is 5.75 Å². The van der Waals surface area contributed by atoms with E-state index in [-0.39, 0.29) is 17.2 Å². The van der Waals surface area contributed by atoms with Gasteiger partial charge in [-0.1, -0.05) is 12.1 Å². The van der Waals surface area contributed by atoms with Crippen LogP contribution in [-0.2, 0) is 16.6 Å². The van der Waals surface area contributed by atoms with E-state index in [0.29, 0.717) is 0 Å². The first kappa shape index (κ1) is 17.8. The maximum atomic E-state index is 13.4. The number of ether oxygens (including phenoxy) is 1. The molecule has 2 aromatic carbocycles. The Morgan fingerprint density at radius 1 is 1.17 bits per heavy atom. The van der Waals surface area contributed by atoms with E-state index in [9.17, 15) is 12.8 Å². The summed E-state index contributed by atoms with van der Waals surface area (Å²) in [6.45, 7) is 0.191. The molecular weight excluding hydrogens is 337 g/mol. The summed E-state index contributed by atoms with van der Waals surface area (Å²) in [6.07, 6.45) is 1.97. The van der Waals surface area contributed by atoms with E-state index >= 15 is 0 Å². The third-order valence-corrected chi connectivity index (χ3v) is 5.95. The lowest BCUT2D eigenvalue weighted by Gasteiger charge is -2.19. The first-order chi connectivity index (χ1) is 10.9. The number of methoxy groups -OCH3 is 1. The number of nitrogens with zero attached hydrogens (tertiary/aromatic N) is 1. The molecule has 2 aromatic rings. The van der Waals surface area contributed by atoms with Gasteiger partial charge in [-0.3, -0.25) is 0 Å². The minimum absolute atomic E-state index is 0.121. The van der Waals surface area contributed by atoms with Gasteiger partial charge in [0.1, 0.15) is 16.5 Å². The van der Waals surface area contributed by atoms with Gasteiger partial charge in [0.2, 0.25) is 10.0 Å². The molecule has 0 N–H and O–H groups in total. The van der Waals surface area contributed by atoms with Crippen molar-refractivity contribution in [1.29, 1.82) is 0 Å². The maximum absolute atomic E-state index is 13.4. The summed E-state index contributed by atoms with van der Waals surface area (Å²) >= 11 is 1.62. The summed E-state index contributed by atoms with van der Waals surface area (Å²) in [4.78, 5) is 0.925. The lowest BCUT2D eigenvalue weighted by Crippen LogP contribution is -2.27. The third-order valence-electron chi connectivity index (χ3n) is 3.38. The number of halogens is 1. The van der Waals surface area contributed by atoms with Crippen molar-refractivity contribution in [2.24, 2.45) is 0 Å². The van der Waals surface area contributed by atoms with Crippen LogP contribution in [0.25, 0.3) is 0 Å². The molecule has 0 atom stereocenters. The molecule has 0 radical (unpaired) electrons. The van der Waals surface area contributed by atoms with Crippen molar-refractivity contribution in [2.45, 2.75) is 16.3 Å². The third kappa shape index (κ3) is 4.04. The highest BCUT2D eigenvalue weighted by atomic mass is 32.2. The Kier molecular flexibility index (Phi) is 5.67. The Labute approximate surface area is 140 Å². The summed E-state index contributed by atoms with van der Waals surface area (Å²) in [7, 11) is -1.04. The Balaban J connectivity index is 2.29. The number of rotatable bonds is 6. The van der Waals surface area contributed by atoms with Crippen LogP contribution < -0.4 is 4.74 Å². The average molecular weight is 355 g/mol. The van der Waals surface area contributed by atoms with E-state index < -0.39 is 15.8 Å². The van der Waals surface area contributed by atoms with Crippen LogP contribution in [0.15, 0.2) is 52.3 Å². The van der Waals surface area contributed by atoms with Gasteiger partial charge in [0.25, 0.3) is 0 Å². The van der Waals surface area contributed by atoms with Gasteiger partial charge in [-0.25, -0.2) is 12.8 Å². The number of thioether (sulfide) groups is 1. The van der Waals surface area contributed by atoms with Crippen molar-refractivity contribution in [2.75, 3.05) is 20.4 Å². The van der Waals surface area contributed by atoms with Crippen molar-refractivity contribution in [1.82, 2.24) is 4.31 Å². The molecule has 0 aromatic heterocycles. The first-order valence-corrected chi connectivity index (χ1v) is 9.47. The summed E-state index contributed by atoms with van der Waals surface area (Å²) in [5.74, 6) is -0.502. The van der Waals surface area contributed by atoms with Crippen molar-refractivity contribution < 1.29 is 17.5 Å². The molecule has 23 heavy (non-hydrogen) atoms. The standard InChI is InChI=1S/C16H18FNO3S2/c1-18(11-12-4-7-14(22-3)8-5-12)23(19,20)16-10-13(17)6-9-15(16)21-2/h4-10H,11H2,1-3H3. The first-order valence-electron chi connectivity index (χ1n) is 6.81. The lowest BCUT2D eigenvalue weighted by molar-refractivity contribution is 0.395. The molecule has 0 aliphatic heterocycles. The van der Waals surface area contributed by atoms with Crippen LogP contribution >= 0.6 is 11.8 Å². The van der Waals surface area contributed by atoms with Gasteiger partial charge in [0.05, 0.1) is 7.11 Å². The van der Waals surface area contributed by atoms with Gasteiger partial charge in [-0.2, -0.15) is 4.31 Å². The van der Waals surface area contributed by atoms with E-state index in [0.717, 1.165) is 16.5 Å². The van der Waals surface area contributed by atoms with Gasteiger partial charge in [0, 0.05) is 18.5 Å². The van der Waals surface area contributed by atoms with Gasteiger partial charge >= 0.3 is 0 Å². The molecule has 124 valence electrons. The predicted octanol–water partition coefficient (Wildman–Crippen LogP) is 3.38. The number of hydrogen-bond acceptors (Lipinski definition) is 4. The van der Waals surface area contributed by atoms with Crippen LogP contribution in [-0.4, -0.2) is 33.1 Å². The van der Waals surface area contributed by atoms with Crippen LogP contribution in [0.3, 0.4) is 0 Å². The normalized spacial score (nSPS) is 11.7. The monoisotopic (exact) mass is 355 g/mol. The van der Waals surface area contributed by atoms with E-state index in [4.69, 9.17) is 4.74 Å². The molecule has 0 unspecified atom stereocenters. The van der Waals surface area contributed by atoms with E-state index in [1.54, 1.807) is 11.8 Å². The molecule has 0 amide bonds. The number of hydrogen-bond donors (Lipinski definition) is 0. The van der Waals surface area contributed by atoms with Crippen molar-refractivity contribution in [3.05, 3.63) is 53.8 Å². The van der Waals surface area contributed by atoms with Crippen molar-refractivity contribution in [3.63, 3.8) is 0 Å². The predicted molar refractivity (Wildman–Crippen MR) is 89.8 cm³/mol. The van der Waals surface area contributed by atoms with Crippen molar-refractivity contribution >= 4 is 21.8 Å². The largest absolute Gasteiger partial charge is 0.495 e. The molecule has 0 spiro atoms. The van der Waals surface area contributed by atoms with Crippen LogP contribution in [0.1, 0.15) is 5.56 Å². The summed E-state index contributed by atoms with van der Waals surface area (Å²) in [5, 5.41) is 0. The Hall–Kier alpha value is -1.57.